The smallest absolute Gasteiger partial charge is 0.322 e. The molecule has 0 saturated carbocycles. The predicted octanol–water partition coefficient (Wildman–Crippen LogP) is 6.45. The van der Waals surface area contributed by atoms with Gasteiger partial charge >= 0.3 is 7.82 Å². The van der Waals surface area contributed by atoms with Gasteiger partial charge in [0.05, 0.1) is 6.10 Å². The van der Waals surface area contributed by atoms with Crippen molar-refractivity contribution in [3.63, 3.8) is 0 Å². The fourth-order valence-corrected chi connectivity index (χ4v) is 5.22. The molecule has 0 aliphatic carbocycles. The third-order valence-electron chi connectivity index (χ3n) is 6.32. The van der Waals surface area contributed by atoms with Crippen LogP contribution in [0.5, 0.6) is 0 Å². The first kappa shape index (κ1) is 27.0. The molecule has 2 N–H and O–H groups in total. The quantitative estimate of drug-likeness (QED) is 0.347. The Morgan fingerprint density at radius 3 is 2.51 bits per heavy atom. The molecule has 0 radical (unpaired) electrons. The number of phosphoric ester groups is 1. The fraction of sp³-hybridized carbons (Fsp3) is 0.259. The van der Waals surface area contributed by atoms with Crippen molar-refractivity contribution in [2.45, 2.75) is 32.8 Å². The van der Waals surface area contributed by atoms with E-state index in [2.05, 4.69) is 9.84 Å². The molecule has 3 aromatic carbocycles. The molecule has 2 atom stereocenters. The molecular formula is C27H28ClN2O6P. The van der Waals surface area contributed by atoms with Gasteiger partial charge in [0.15, 0.2) is 0 Å². The number of halogens is 1. The molecule has 0 spiro atoms. The highest BCUT2D eigenvalue weighted by atomic mass is 35.5. The summed E-state index contributed by atoms with van der Waals surface area (Å²) >= 11 is 6.23. The van der Waals surface area contributed by atoms with Gasteiger partial charge < -0.3 is 15.1 Å². The van der Waals surface area contributed by atoms with Crippen LogP contribution in [0, 0.1) is 13.8 Å². The van der Waals surface area contributed by atoms with Gasteiger partial charge in [0.25, 0.3) is 11.8 Å². The van der Waals surface area contributed by atoms with Gasteiger partial charge in [0, 0.05) is 46.7 Å². The van der Waals surface area contributed by atoms with Gasteiger partial charge in [0.2, 0.25) is 0 Å². The van der Waals surface area contributed by atoms with Crippen LogP contribution >= 0.6 is 19.4 Å². The molecule has 1 aliphatic rings. The van der Waals surface area contributed by atoms with Crippen LogP contribution in [0.2, 0.25) is 5.02 Å². The lowest BCUT2D eigenvalue weighted by Crippen LogP contribution is -2.32. The van der Waals surface area contributed by atoms with Gasteiger partial charge in [-0.05, 0) is 80.3 Å². The molecule has 0 bridgehead atoms. The van der Waals surface area contributed by atoms with Crippen molar-refractivity contribution >= 4 is 42.6 Å². The molecule has 0 fully saturated rings. The summed E-state index contributed by atoms with van der Waals surface area (Å²) in [7, 11) is -3.17. The van der Waals surface area contributed by atoms with Crippen molar-refractivity contribution in [1.82, 2.24) is 0 Å². The van der Waals surface area contributed by atoms with E-state index in [4.69, 9.17) is 16.1 Å². The first-order valence-electron chi connectivity index (χ1n) is 11.8. The Morgan fingerprint density at radius 1 is 1.05 bits per heavy atom. The minimum absolute atomic E-state index is 0.224. The number of hydrogen-bond donors (Lipinski definition) is 2. The van der Waals surface area contributed by atoms with Crippen LogP contribution in [0.3, 0.4) is 0 Å². The normalized spacial score (nSPS) is 16.9. The van der Waals surface area contributed by atoms with Crippen molar-refractivity contribution in [3.05, 3.63) is 93.5 Å². The monoisotopic (exact) mass is 542 g/mol. The van der Waals surface area contributed by atoms with Crippen molar-refractivity contribution in [1.29, 1.82) is 0 Å². The highest BCUT2D eigenvalue weighted by Gasteiger charge is 2.33. The third kappa shape index (κ3) is 6.12. The highest BCUT2D eigenvalue weighted by molar-refractivity contribution is 7.47. The lowest BCUT2D eigenvalue weighted by Gasteiger charge is -2.25. The molecule has 3 aromatic rings. The Bertz CT molecular complexity index is 1400. The fourth-order valence-electron chi connectivity index (χ4n) is 4.42. The number of hydrogen-bond acceptors (Lipinski definition) is 5. The standard InChI is InChI=1S/C27H28ClN2O6P/c1-17-7-4-5-8-21(17)26(31)29-20-11-12-22(18(2)15-20)27(32)30-14-6-9-25(36-37(33,34)35-3)23-16-19(28)10-13-24(23)30/h4-5,7-8,10-13,15-16,25H,6,9,14H2,1-3H3,(H,29,31)(H,33,34). The number of carbonyl (C=O) groups is 2. The van der Waals surface area contributed by atoms with E-state index >= 15 is 0 Å². The average Bonchev–Trinajstić information content (AvgIpc) is 3.03. The zero-order valence-corrected chi connectivity index (χ0v) is 22.4. The Kier molecular flexibility index (Phi) is 8.17. The zero-order chi connectivity index (χ0) is 26.7. The largest absolute Gasteiger partial charge is 0.472 e. The molecule has 0 aromatic heterocycles. The van der Waals surface area contributed by atoms with Gasteiger partial charge in [0.1, 0.15) is 0 Å². The highest BCUT2D eigenvalue weighted by Crippen LogP contribution is 2.50. The van der Waals surface area contributed by atoms with Crippen LogP contribution in [-0.4, -0.2) is 30.4 Å². The van der Waals surface area contributed by atoms with E-state index < -0.39 is 13.9 Å². The minimum atomic E-state index is -4.27. The molecule has 1 heterocycles. The molecule has 37 heavy (non-hydrogen) atoms. The van der Waals surface area contributed by atoms with E-state index in [1.165, 1.54) is 0 Å². The van der Waals surface area contributed by atoms with E-state index in [-0.39, 0.29) is 11.8 Å². The van der Waals surface area contributed by atoms with Crippen LogP contribution in [0.4, 0.5) is 11.4 Å². The van der Waals surface area contributed by atoms with Gasteiger partial charge in [-0.1, -0.05) is 29.8 Å². The van der Waals surface area contributed by atoms with Crippen molar-refractivity contribution in [2.24, 2.45) is 0 Å². The zero-order valence-electron chi connectivity index (χ0n) is 20.7. The number of anilines is 2. The summed E-state index contributed by atoms with van der Waals surface area (Å²) in [4.78, 5) is 37.9. The van der Waals surface area contributed by atoms with Crippen LogP contribution in [-0.2, 0) is 13.6 Å². The van der Waals surface area contributed by atoms with Gasteiger partial charge in [-0.15, -0.1) is 0 Å². The summed E-state index contributed by atoms with van der Waals surface area (Å²) < 4.78 is 22.1. The van der Waals surface area contributed by atoms with E-state index in [9.17, 15) is 19.0 Å². The lowest BCUT2D eigenvalue weighted by atomic mass is 10.0. The summed E-state index contributed by atoms with van der Waals surface area (Å²) in [5.41, 5.74) is 4.27. The number of nitrogens with zero attached hydrogens (tertiary/aromatic N) is 1. The van der Waals surface area contributed by atoms with Crippen LogP contribution in [0.25, 0.3) is 0 Å². The second kappa shape index (κ2) is 11.2. The van der Waals surface area contributed by atoms with Crippen LogP contribution in [0.15, 0.2) is 60.7 Å². The van der Waals surface area contributed by atoms with E-state index in [0.29, 0.717) is 58.0 Å². The Hall–Kier alpha value is -3.00. The number of carbonyl (C=O) groups excluding carboxylic acids is 2. The van der Waals surface area contributed by atoms with Gasteiger partial charge in [-0.3, -0.25) is 18.6 Å². The molecule has 2 amide bonds. The molecule has 4 rings (SSSR count). The van der Waals surface area contributed by atoms with E-state index in [1.54, 1.807) is 47.4 Å². The van der Waals surface area contributed by atoms with Gasteiger partial charge in [-0.2, -0.15) is 0 Å². The molecule has 0 saturated heterocycles. The number of nitrogens with one attached hydrogen (secondary N) is 1. The Labute approximate surface area is 220 Å². The lowest BCUT2D eigenvalue weighted by molar-refractivity contribution is 0.0983. The molecule has 1 aliphatic heterocycles. The molecule has 8 nitrogen and oxygen atoms in total. The van der Waals surface area contributed by atoms with Crippen LogP contribution in [0.1, 0.15) is 56.4 Å². The maximum Gasteiger partial charge on any atom is 0.472 e. The molecule has 10 heteroatoms. The molecule has 2 unspecified atom stereocenters. The maximum absolute atomic E-state index is 13.7. The second-order valence-corrected chi connectivity index (χ2v) is 10.8. The summed E-state index contributed by atoms with van der Waals surface area (Å²) in [5, 5.41) is 3.31. The van der Waals surface area contributed by atoms with Crippen LogP contribution < -0.4 is 10.2 Å². The van der Waals surface area contributed by atoms with E-state index in [1.807, 2.05) is 32.0 Å². The number of fused-ring (bicyclic) bond motifs is 1. The topological polar surface area (TPSA) is 105 Å². The third-order valence-corrected chi connectivity index (χ3v) is 7.53. The first-order valence-corrected chi connectivity index (χ1v) is 13.6. The predicted molar refractivity (Wildman–Crippen MR) is 143 cm³/mol. The van der Waals surface area contributed by atoms with Crippen molar-refractivity contribution in [2.75, 3.05) is 23.9 Å². The number of benzene rings is 3. The van der Waals surface area contributed by atoms with E-state index in [0.717, 1.165) is 12.7 Å². The van der Waals surface area contributed by atoms with Crippen molar-refractivity contribution < 1.29 is 28.1 Å². The first-order chi connectivity index (χ1) is 17.6. The molecule has 194 valence electrons. The van der Waals surface area contributed by atoms with Crippen molar-refractivity contribution in [3.8, 4) is 0 Å². The Balaban J connectivity index is 1.61. The number of phosphoric acid groups is 1. The summed E-state index contributed by atoms with van der Waals surface area (Å²) in [6.07, 6.45) is 0.145. The summed E-state index contributed by atoms with van der Waals surface area (Å²) in [5.74, 6) is -0.462. The van der Waals surface area contributed by atoms with Gasteiger partial charge in [-0.25, -0.2) is 4.57 Å². The minimum Gasteiger partial charge on any atom is -0.322 e. The second-order valence-electron chi connectivity index (χ2n) is 8.85. The number of rotatable bonds is 6. The number of amides is 2. The molecular weight excluding hydrogens is 515 g/mol. The SMILES string of the molecule is COP(=O)(O)OC1CCCN(C(=O)c2ccc(NC(=O)c3ccccc3C)cc2C)c2ccc(Cl)cc21. The summed E-state index contributed by atoms with van der Waals surface area (Å²) in [6.45, 7) is 4.06. The average molecular weight is 543 g/mol. The Morgan fingerprint density at radius 2 is 1.81 bits per heavy atom. The number of aryl methyl sites for hydroxylation is 2. The maximum atomic E-state index is 13.7. The summed E-state index contributed by atoms with van der Waals surface area (Å²) in [6, 6.07) is 17.5.